The molecule has 0 amide bonds. The zero-order valence-electron chi connectivity index (χ0n) is 12.2. The van der Waals surface area contributed by atoms with Gasteiger partial charge in [0.25, 0.3) is 0 Å². The minimum Gasteiger partial charge on any atom is -0.492 e. The largest absolute Gasteiger partial charge is 0.492 e. The smallest absolute Gasteiger partial charge is 0.306 e. The monoisotopic (exact) mass is 307 g/mol. The molecule has 1 heterocycles. The van der Waals surface area contributed by atoms with Crippen LogP contribution in [0, 0.1) is 5.41 Å². The van der Waals surface area contributed by atoms with Crippen LogP contribution >= 0.6 is 11.8 Å². The van der Waals surface area contributed by atoms with E-state index in [4.69, 9.17) is 15.2 Å². The number of carbonyl (C=O) groups excluding carboxylic acids is 1. The minimum absolute atomic E-state index is 0.00567. The first-order valence-corrected chi connectivity index (χ1v) is 8.34. The highest BCUT2D eigenvalue weighted by molar-refractivity contribution is 8.00. The van der Waals surface area contributed by atoms with Gasteiger partial charge in [-0.15, -0.1) is 0 Å². The van der Waals surface area contributed by atoms with Crippen LogP contribution < -0.4 is 10.5 Å². The predicted molar refractivity (Wildman–Crippen MR) is 83.4 cm³/mol. The molecule has 5 heteroatoms. The molecule has 0 radical (unpaired) electrons. The van der Waals surface area contributed by atoms with Gasteiger partial charge in [0.1, 0.15) is 12.4 Å². The standard InChI is InChI=1S/C16H21NO3S/c1-19-14(18)8-16(6-7-16)10-21-13-9-20-12-5-3-2-4-11(12)15(13)17/h2-5,13,15H,6-10,17H2,1H3. The van der Waals surface area contributed by atoms with Gasteiger partial charge < -0.3 is 15.2 Å². The van der Waals surface area contributed by atoms with Gasteiger partial charge in [-0.3, -0.25) is 4.79 Å². The highest BCUT2D eigenvalue weighted by atomic mass is 32.2. The van der Waals surface area contributed by atoms with Crippen molar-refractivity contribution >= 4 is 17.7 Å². The molecule has 0 spiro atoms. The van der Waals surface area contributed by atoms with Crippen molar-refractivity contribution in [1.29, 1.82) is 0 Å². The van der Waals surface area contributed by atoms with Crippen molar-refractivity contribution in [2.75, 3.05) is 19.5 Å². The van der Waals surface area contributed by atoms with E-state index in [1.54, 1.807) is 0 Å². The molecule has 1 fully saturated rings. The maximum absolute atomic E-state index is 11.5. The Hall–Kier alpha value is -1.20. The summed E-state index contributed by atoms with van der Waals surface area (Å²) in [5.41, 5.74) is 7.59. The Balaban J connectivity index is 1.59. The number of rotatable bonds is 5. The molecule has 4 nitrogen and oxygen atoms in total. The van der Waals surface area contributed by atoms with Crippen LogP contribution in [-0.4, -0.2) is 30.7 Å². The first kappa shape index (κ1) is 14.7. The molecule has 2 atom stereocenters. The van der Waals surface area contributed by atoms with Crippen LogP contribution in [0.1, 0.15) is 30.9 Å². The third kappa shape index (κ3) is 3.19. The van der Waals surface area contributed by atoms with Gasteiger partial charge in [0.15, 0.2) is 0 Å². The average molecular weight is 307 g/mol. The Kier molecular flexibility index (Phi) is 4.13. The van der Waals surface area contributed by atoms with Gasteiger partial charge in [-0.25, -0.2) is 0 Å². The molecule has 3 rings (SSSR count). The van der Waals surface area contributed by atoms with Gasteiger partial charge >= 0.3 is 5.97 Å². The lowest BCUT2D eigenvalue weighted by atomic mass is 10.0. The lowest BCUT2D eigenvalue weighted by Crippen LogP contribution is -2.34. The molecule has 1 aromatic rings. The third-order valence-corrected chi connectivity index (χ3v) is 6.03. The molecule has 0 saturated heterocycles. The lowest BCUT2D eigenvalue weighted by molar-refractivity contribution is -0.141. The number of carbonyl (C=O) groups is 1. The average Bonchev–Trinajstić information content (AvgIpc) is 3.26. The number of benzene rings is 1. The van der Waals surface area contributed by atoms with Crippen LogP contribution in [0.25, 0.3) is 0 Å². The summed E-state index contributed by atoms with van der Waals surface area (Å²) in [6.07, 6.45) is 2.74. The maximum Gasteiger partial charge on any atom is 0.306 e. The van der Waals surface area contributed by atoms with E-state index >= 15 is 0 Å². The summed E-state index contributed by atoms with van der Waals surface area (Å²) in [5.74, 6) is 1.74. The van der Waals surface area contributed by atoms with Gasteiger partial charge in [-0.2, -0.15) is 11.8 Å². The number of hydrogen-bond donors (Lipinski definition) is 1. The number of hydrogen-bond acceptors (Lipinski definition) is 5. The normalized spacial score (nSPS) is 25.6. The molecule has 2 unspecified atom stereocenters. The molecular weight excluding hydrogens is 286 g/mol. The van der Waals surface area contributed by atoms with E-state index < -0.39 is 0 Å². The van der Waals surface area contributed by atoms with Gasteiger partial charge in [0.05, 0.1) is 18.8 Å². The Morgan fingerprint density at radius 1 is 1.48 bits per heavy atom. The highest BCUT2D eigenvalue weighted by Gasteiger charge is 2.45. The van der Waals surface area contributed by atoms with Crippen LogP contribution in [0.15, 0.2) is 24.3 Å². The first-order chi connectivity index (χ1) is 10.1. The second-order valence-electron chi connectivity index (χ2n) is 5.98. The molecule has 1 aromatic carbocycles. The molecule has 2 N–H and O–H groups in total. The molecule has 114 valence electrons. The van der Waals surface area contributed by atoms with Crippen LogP contribution in [0.3, 0.4) is 0 Å². The van der Waals surface area contributed by atoms with Crippen molar-refractivity contribution in [3.05, 3.63) is 29.8 Å². The first-order valence-electron chi connectivity index (χ1n) is 7.29. The molecule has 0 aromatic heterocycles. The zero-order valence-corrected chi connectivity index (χ0v) is 13.0. The third-order valence-electron chi connectivity index (χ3n) is 4.39. The van der Waals surface area contributed by atoms with Crippen LogP contribution in [0.5, 0.6) is 5.75 Å². The number of thioether (sulfide) groups is 1. The second-order valence-corrected chi connectivity index (χ2v) is 7.20. The SMILES string of the molecule is COC(=O)CC1(CSC2COc3ccccc3C2N)CC1. The van der Waals surface area contributed by atoms with E-state index in [0.29, 0.717) is 13.0 Å². The summed E-state index contributed by atoms with van der Waals surface area (Å²) in [6, 6.07) is 7.96. The fourth-order valence-corrected chi connectivity index (χ4v) is 4.20. The summed E-state index contributed by atoms with van der Waals surface area (Å²) in [7, 11) is 1.45. The maximum atomic E-state index is 11.5. The summed E-state index contributed by atoms with van der Waals surface area (Å²) in [6.45, 7) is 0.636. The Morgan fingerprint density at radius 3 is 2.95 bits per heavy atom. The number of ether oxygens (including phenoxy) is 2. The fraction of sp³-hybridized carbons (Fsp3) is 0.562. The summed E-state index contributed by atoms with van der Waals surface area (Å²) < 4.78 is 10.6. The predicted octanol–water partition coefficient (Wildman–Crippen LogP) is 2.52. The van der Waals surface area contributed by atoms with Crippen molar-refractivity contribution in [1.82, 2.24) is 0 Å². The van der Waals surface area contributed by atoms with Gasteiger partial charge in [-0.1, -0.05) is 18.2 Å². The van der Waals surface area contributed by atoms with Crippen molar-refractivity contribution < 1.29 is 14.3 Å². The second kappa shape index (κ2) is 5.89. The Bertz CT molecular complexity index is 530. The molecule has 1 saturated carbocycles. The quantitative estimate of drug-likeness (QED) is 0.847. The van der Waals surface area contributed by atoms with Gasteiger partial charge in [-0.05, 0) is 30.1 Å². The molecule has 1 aliphatic heterocycles. The number of esters is 1. The van der Waals surface area contributed by atoms with Crippen molar-refractivity contribution in [3.63, 3.8) is 0 Å². The van der Waals surface area contributed by atoms with Crippen LogP contribution in [0.4, 0.5) is 0 Å². The van der Waals surface area contributed by atoms with Crippen molar-refractivity contribution in [3.8, 4) is 5.75 Å². The van der Waals surface area contributed by atoms with Crippen LogP contribution in [-0.2, 0) is 9.53 Å². The van der Waals surface area contributed by atoms with Crippen molar-refractivity contribution in [2.24, 2.45) is 11.1 Å². The molecule has 1 aliphatic carbocycles. The highest BCUT2D eigenvalue weighted by Crippen LogP contribution is 2.52. The lowest BCUT2D eigenvalue weighted by Gasteiger charge is -2.31. The van der Waals surface area contributed by atoms with E-state index in [1.807, 2.05) is 36.0 Å². The zero-order chi connectivity index (χ0) is 14.9. The van der Waals surface area contributed by atoms with Crippen molar-refractivity contribution in [2.45, 2.75) is 30.6 Å². The van der Waals surface area contributed by atoms with E-state index in [0.717, 1.165) is 29.9 Å². The number of methoxy groups -OCH3 is 1. The van der Waals surface area contributed by atoms with E-state index in [9.17, 15) is 4.79 Å². The van der Waals surface area contributed by atoms with E-state index in [1.165, 1.54) is 7.11 Å². The minimum atomic E-state index is -0.109. The molecular formula is C16H21NO3S. The summed E-state index contributed by atoms with van der Waals surface area (Å²) in [5, 5.41) is 0.245. The molecule has 21 heavy (non-hydrogen) atoms. The summed E-state index contributed by atoms with van der Waals surface area (Å²) in [4.78, 5) is 11.5. The number of nitrogens with two attached hydrogens (primary N) is 1. The van der Waals surface area contributed by atoms with Gasteiger partial charge in [0, 0.05) is 11.6 Å². The number of para-hydroxylation sites is 1. The summed E-state index contributed by atoms with van der Waals surface area (Å²) >= 11 is 1.83. The Morgan fingerprint density at radius 2 is 2.24 bits per heavy atom. The number of fused-ring (bicyclic) bond motifs is 1. The van der Waals surface area contributed by atoms with Crippen LogP contribution in [0.2, 0.25) is 0 Å². The topological polar surface area (TPSA) is 61.5 Å². The van der Waals surface area contributed by atoms with E-state index in [2.05, 4.69) is 0 Å². The Labute approximate surface area is 129 Å². The molecule has 0 bridgehead atoms. The van der Waals surface area contributed by atoms with E-state index in [-0.39, 0.29) is 22.7 Å². The molecule has 2 aliphatic rings. The van der Waals surface area contributed by atoms with Gasteiger partial charge in [0.2, 0.25) is 0 Å². The fourth-order valence-electron chi connectivity index (χ4n) is 2.73.